The van der Waals surface area contributed by atoms with Gasteiger partial charge >= 0.3 is 0 Å². The average molecular weight is 438 g/mol. The Kier molecular flexibility index (Phi) is 3.95. The molecule has 1 saturated carbocycles. The van der Waals surface area contributed by atoms with Gasteiger partial charge in [0, 0.05) is 18.5 Å². The maximum atomic E-state index is 11.1. The maximum Gasteiger partial charge on any atom is 0.184 e. The number of nitrogens with zero attached hydrogens (tertiary/aromatic N) is 6. The molecule has 1 aliphatic carbocycles. The summed E-state index contributed by atoms with van der Waals surface area (Å²) in [5.41, 5.74) is 0.975. The van der Waals surface area contributed by atoms with Gasteiger partial charge in [-0.15, -0.1) is 5.10 Å². The van der Waals surface area contributed by atoms with Crippen LogP contribution in [0.25, 0.3) is 5.65 Å². The van der Waals surface area contributed by atoms with E-state index in [2.05, 4.69) is 46.2 Å². The molecular formula is C23H31N7O2. The second kappa shape index (κ2) is 6.29. The van der Waals surface area contributed by atoms with E-state index in [9.17, 15) is 5.11 Å². The summed E-state index contributed by atoms with van der Waals surface area (Å²) < 4.78 is 8.31. The van der Waals surface area contributed by atoms with Gasteiger partial charge in [-0.05, 0) is 58.1 Å². The third-order valence-corrected chi connectivity index (χ3v) is 8.05. The van der Waals surface area contributed by atoms with Crippen LogP contribution in [-0.2, 0) is 10.3 Å². The number of nitrogens with one attached hydrogen (secondary N) is 1. The molecule has 0 aromatic carbocycles. The second-order valence-corrected chi connectivity index (χ2v) is 10.7. The number of pyridine rings is 1. The van der Waals surface area contributed by atoms with E-state index < -0.39 is 16.6 Å². The van der Waals surface area contributed by atoms with Gasteiger partial charge in [-0.25, -0.2) is 14.5 Å². The van der Waals surface area contributed by atoms with Crippen LogP contribution >= 0.6 is 0 Å². The summed E-state index contributed by atoms with van der Waals surface area (Å²) in [6.45, 7) is 12.5. The lowest BCUT2D eigenvalue weighted by Crippen LogP contribution is -2.61. The molecule has 0 radical (unpaired) electrons. The smallest absolute Gasteiger partial charge is 0.184 e. The highest BCUT2D eigenvalue weighted by atomic mass is 16.5. The third-order valence-electron chi connectivity index (χ3n) is 8.05. The Labute approximate surface area is 187 Å². The topological polar surface area (TPSA) is 104 Å². The fourth-order valence-corrected chi connectivity index (χ4v) is 6.13. The van der Waals surface area contributed by atoms with E-state index in [4.69, 9.17) is 14.8 Å². The lowest BCUT2D eigenvalue weighted by molar-refractivity contribution is -0.137. The number of aromatic amines is 1. The van der Waals surface area contributed by atoms with Crippen LogP contribution in [0.1, 0.15) is 62.6 Å². The minimum atomic E-state index is -0.944. The van der Waals surface area contributed by atoms with Gasteiger partial charge in [-0.2, -0.15) is 5.10 Å². The first-order chi connectivity index (χ1) is 15.1. The third kappa shape index (κ3) is 2.52. The summed E-state index contributed by atoms with van der Waals surface area (Å²) in [5, 5.41) is 23.4. The largest absolute Gasteiger partial charge is 0.390 e. The van der Waals surface area contributed by atoms with E-state index in [-0.39, 0.29) is 5.92 Å². The zero-order chi connectivity index (χ0) is 22.5. The molecule has 9 heteroatoms. The first-order valence-corrected chi connectivity index (χ1v) is 11.5. The summed E-state index contributed by atoms with van der Waals surface area (Å²) in [7, 11) is 0. The van der Waals surface area contributed by atoms with Gasteiger partial charge in [0.25, 0.3) is 0 Å². The van der Waals surface area contributed by atoms with Crippen molar-refractivity contribution in [1.82, 2.24) is 29.8 Å². The molecule has 2 N–H and O–H groups in total. The minimum absolute atomic E-state index is 0.212. The Balaban J connectivity index is 1.44. The SMILES string of the molecule is Cc1nc(C2C3(c4nc5c(C)cc(N6CCC(C)C6)cn5n4)CC2(C(C)(C)O)CO3)n[nH]1. The molecule has 0 amide bonds. The van der Waals surface area contributed by atoms with Crippen LogP contribution in [0, 0.1) is 25.2 Å². The normalized spacial score (nSPS) is 32.1. The summed E-state index contributed by atoms with van der Waals surface area (Å²) in [4.78, 5) is 12.0. The van der Waals surface area contributed by atoms with E-state index in [0.717, 1.165) is 30.1 Å². The number of hydrogen-bond donors (Lipinski definition) is 2. The monoisotopic (exact) mass is 437 g/mol. The van der Waals surface area contributed by atoms with E-state index in [1.165, 1.54) is 12.1 Å². The van der Waals surface area contributed by atoms with E-state index in [1.54, 1.807) is 0 Å². The van der Waals surface area contributed by atoms with Crippen molar-refractivity contribution in [1.29, 1.82) is 0 Å². The number of rotatable bonds is 4. The number of hydrogen-bond acceptors (Lipinski definition) is 7. The molecule has 3 aromatic heterocycles. The molecule has 170 valence electrons. The summed E-state index contributed by atoms with van der Waals surface area (Å²) >= 11 is 0. The maximum absolute atomic E-state index is 11.1. The first kappa shape index (κ1) is 20.1. The van der Waals surface area contributed by atoms with Crippen molar-refractivity contribution in [2.24, 2.45) is 11.3 Å². The number of aliphatic hydroxyl groups is 1. The molecule has 7 rings (SSSR count). The number of aryl methyl sites for hydroxylation is 2. The Bertz CT molecular complexity index is 1210. The molecule has 32 heavy (non-hydrogen) atoms. The molecule has 6 heterocycles. The molecule has 2 bridgehead atoms. The van der Waals surface area contributed by atoms with Crippen LogP contribution in [0.15, 0.2) is 12.3 Å². The first-order valence-electron chi connectivity index (χ1n) is 11.5. The molecule has 3 aromatic rings. The fraction of sp³-hybridized carbons (Fsp3) is 0.652. The highest BCUT2D eigenvalue weighted by Crippen LogP contribution is 2.73. The molecule has 3 saturated heterocycles. The number of aromatic nitrogens is 6. The van der Waals surface area contributed by atoms with Crippen LogP contribution in [0.4, 0.5) is 5.69 Å². The molecule has 4 aliphatic rings. The quantitative estimate of drug-likeness (QED) is 0.646. The Morgan fingerprint density at radius 2 is 2.09 bits per heavy atom. The Morgan fingerprint density at radius 1 is 1.28 bits per heavy atom. The summed E-state index contributed by atoms with van der Waals surface area (Å²) in [5.74, 6) is 2.55. The molecule has 4 unspecified atom stereocenters. The lowest BCUT2D eigenvalue weighted by Gasteiger charge is -2.55. The average Bonchev–Trinajstić information content (AvgIpc) is 3.47. The molecule has 4 fully saturated rings. The van der Waals surface area contributed by atoms with Gasteiger partial charge in [0.1, 0.15) is 11.4 Å². The van der Waals surface area contributed by atoms with Crippen molar-refractivity contribution >= 4 is 11.3 Å². The number of fused-ring (bicyclic) bond motifs is 2. The fourth-order valence-electron chi connectivity index (χ4n) is 6.13. The van der Waals surface area contributed by atoms with E-state index >= 15 is 0 Å². The van der Waals surface area contributed by atoms with Crippen molar-refractivity contribution in [3.8, 4) is 0 Å². The van der Waals surface area contributed by atoms with Gasteiger partial charge in [0.15, 0.2) is 17.3 Å². The van der Waals surface area contributed by atoms with Gasteiger partial charge < -0.3 is 14.7 Å². The Morgan fingerprint density at radius 3 is 2.75 bits per heavy atom. The number of H-pyrrole nitrogens is 1. The zero-order valence-electron chi connectivity index (χ0n) is 19.4. The highest BCUT2D eigenvalue weighted by molar-refractivity contribution is 5.58. The van der Waals surface area contributed by atoms with E-state index in [0.29, 0.717) is 30.6 Å². The second-order valence-electron chi connectivity index (χ2n) is 10.7. The molecule has 3 aliphatic heterocycles. The standard InChI is InChI=1S/C23H31N7O2/c1-13-6-7-29(9-13)16-8-14(2)19-25-20(28-30(19)10-16)23-11-22(12-32-23,21(4,5)31)17(23)18-24-15(3)26-27-18/h8,10,13,17,31H,6-7,9,11-12H2,1-5H3,(H,24,26,27). The molecule has 4 atom stereocenters. The van der Waals surface area contributed by atoms with Gasteiger partial charge in [-0.1, -0.05) is 6.92 Å². The van der Waals surface area contributed by atoms with Crippen LogP contribution in [-0.4, -0.2) is 60.2 Å². The molecular weight excluding hydrogens is 406 g/mol. The van der Waals surface area contributed by atoms with Gasteiger partial charge in [-0.3, -0.25) is 5.10 Å². The van der Waals surface area contributed by atoms with E-state index in [1.807, 2.05) is 25.3 Å². The van der Waals surface area contributed by atoms with Crippen molar-refractivity contribution in [3.05, 3.63) is 35.3 Å². The zero-order valence-corrected chi connectivity index (χ0v) is 19.4. The van der Waals surface area contributed by atoms with Crippen LogP contribution in [0.5, 0.6) is 0 Å². The van der Waals surface area contributed by atoms with Gasteiger partial charge in [0.05, 0.1) is 30.0 Å². The number of ether oxygens (including phenoxy) is 1. The van der Waals surface area contributed by atoms with Crippen LogP contribution in [0.3, 0.4) is 0 Å². The van der Waals surface area contributed by atoms with Crippen molar-refractivity contribution in [2.75, 3.05) is 24.6 Å². The lowest BCUT2D eigenvalue weighted by atomic mass is 9.47. The minimum Gasteiger partial charge on any atom is -0.390 e. The summed E-state index contributed by atoms with van der Waals surface area (Å²) in [6, 6.07) is 2.21. The number of anilines is 1. The van der Waals surface area contributed by atoms with Crippen molar-refractivity contribution in [2.45, 2.75) is 64.6 Å². The van der Waals surface area contributed by atoms with Crippen LogP contribution in [0.2, 0.25) is 0 Å². The Hall–Kier alpha value is -2.52. The van der Waals surface area contributed by atoms with Crippen molar-refractivity contribution in [3.63, 3.8) is 0 Å². The summed E-state index contributed by atoms with van der Waals surface area (Å²) in [6.07, 6.45) is 3.94. The predicted molar refractivity (Wildman–Crippen MR) is 119 cm³/mol. The predicted octanol–water partition coefficient (Wildman–Crippen LogP) is 2.48. The molecule has 9 nitrogen and oxygen atoms in total. The van der Waals surface area contributed by atoms with Gasteiger partial charge in [0.2, 0.25) is 0 Å². The van der Waals surface area contributed by atoms with Crippen LogP contribution < -0.4 is 4.90 Å². The molecule has 0 spiro atoms. The van der Waals surface area contributed by atoms with Crippen molar-refractivity contribution < 1.29 is 9.84 Å². The highest BCUT2D eigenvalue weighted by Gasteiger charge is 2.78.